The van der Waals surface area contributed by atoms with Crippen molar-refractivity contribution in [2.24, 2.45) is 0 Å². The Morgan fingerprint density at radius 1 is 1.10 bits per heavy atom. The van der Waals surface area contributed by atoms with Gasteiger partial charge in [-0.15, -0.1) is 0 Å². The Balaban J connectivity index is 1.32. The third kappa shape index (κ3) is 6.11. The molecule has 214 valence electrons. The third-order valence-corrected chi connectivity index (χ3v) is 7.16. The Morgan fingerprint density at radius 2 is 1.88 bits per heavy atom. The average Bonchev–Trinajstić information content (AvgIpc) is 3.56. The summed E-state index contributed by atoms with van der Waals surface area (Å²) < 4.78 is 54.0. The zero-order valence-corrected chi connectivity index (χ0v) is 22.2. The molecule has 2 aliphatic heterocycles. The van der Waals surface area contributed by atoms with Gasteiger partial charge in [-0.25, -0.2) is 4.39 Å². The van der Waals surface area contributed by atoms with Crippen LogP contribution < -0.4 is 15.5 Å². The van der Waals surface area contributed by atoms with E-state index in [0.29, 0.717) is 30.1 Å². The molecule has 2 aliphatic rings. The van der Waals surface area contributed by atoms with Gasteiger partial charge in [0.25, 0.3) is 5.91 Å². The number of aromatic nitrogens is 4. The summed E-state index contributed by atoms with van der Waals surface area (Å²) in [4.78, 5) is 28.2. The normalized spacial score (nSPS) is 18.3. The Kier molecular flexibility index (Phi) is 7.79. The zero-order valence-electron chi connectivity index (χ0n) is 22.2. The van der Waals surface area contributed by atoms with Crippen LogP contribution in [0.15, 0.2) is 30.3 Å². The van der Waals surface area contributed by atoms with Crippen LogP contribution in [0.1, 0.15) is 35.0 Å². The van der Waals surface area contributed by atoms with Crippen molar-refractivity contribution in [1.82, 2.24) is 30.0 Å². The third-order valence-electron chi connectivity index (χ3n) is 7.16. The fourth-order valence-electron chi connectivity index (χ4n) is 4.96. The van der Waals surface area contributed by atoms with E-state index in [-0.39, 0.29) is 19.1 Å². The van der Waals surface area contributed by atoms with Crippen LogP contribution in [0, 0.1) is 12.7 Å². The van der Waals surface area contributed by atoms with Crippen LogP contribution in [0.4, 0.5) is 41.0 Å². The number of likely N-dealkylation sites (N-methyl/N-ethyl adjacent to an activating group) is 1. The van der Waals surface area contributed by atoms with Crippen LogP contribution in [0.25, 0.3) is 0 Å². The maximum Gasteiger partial charge on any atom is 0.419 e. The molecular formula is C26H31F4N9O. The Morgan fingerprint density at radius 3 is 2.55 bits per heavy atom. The van der Waals surface area contributed by atoms with Gasteiger partial charge in [0, 0.05) is 63.1 Å². The molecular weight excluding hydrogens is 530 g/mol. The summed E-state index contributed by atoms with van der Waals surface area (Å²) in [6.45, 7) is 8.86. The lowest BCUT2D eigenvalue weighted by atomic mass is 10.1. The number of rotatable bonds is 7. The van der Waals surface area contributed by atoms with Gasteiger partial charge in [0.05, 0.1) is 11.1 Å². The summed E-state index contributed by atoms with van der Waals surface area (Å²) in [5, 5.41) is 13.5. The highest BCUT2D eigenvalue weighted by atomic mass is 19.4. The summed E-state index contributed by atoms with van der Waals surface area (Å²) in [6, 6.07) is 6.18. The molecule has 0 saturated carbocycles. The lowest BCUT2D eigenvalue weighted by molar-refractivity contribution is -0.140. The quantitative estimate of drug-likeness (QED) is 0.374. The van der Waals surface area contributed by atoms with Crippen molar-refractivity contribution in [3.8, 4) is 0 Å². The minimum absolute atomic E-state index is 0.165. The highest BCUT2D eigenvalue weighted by Crippen LogP contribution is 2.33. The fourth-order valence-corrected chi connectivity index (χ4v) is 4.96. The molecule has 0 radical (unpaired) electrons. The second kappa shape index (κ2) is 11.3. The van der Waals surface area contributed by atoms with Gasteiger partial charge in [0.15, 0.2) is 5.82 Å². The van der Waals surface area contributed by atoms with E-state index >= 15 is 0 Å². The molecule has 40 heavy (non-hydrogen) atoms. The maximum absolute atomic E-state index is 14.6. The summed E-state index contributed by atoms with van der Waals surface area (Å²) in [7, 11) is 0. The molecule has 1 aromatic carbocycles. The predicted octanol–water partition coefficient (Wildman–Crippen LogP) is 3.88. The number of piperazine rings is 1. The molecule has 4 heterocycles. The van der Waals surface area contributed by atoms with Gasteiger partial charge >= 0.3 is 6.18 Å². The lowest BCUT2D eigenvalue weighted by Crippen LogP contribution is -2.46. The monoisotopic (exact) mass is 561 g/mol. The first-order valence-corrected chi connectivity index (χ1v) is 13.2. The Bertz CT molecular complexity index is 1350. The van der Waals surface area contributed by atoms with E-state index in [9.17, 15) is 22.4 Å². The first-order valence-electron chi connectivity index (χ1n) is 13.2. The van der Waals surface area contributed by atoms with Crippen LogP contribution in [0.2, 0.25) is 0 Å². The number of nitrogens with one attached hydrogen (secondary N) is 3. The van der Waals surface area contributed by atoms with Crippen molar-refractivity contribution < 1.29 is 22.4 Å². The number of carbonyl (C=O) groups excluding carboxylic acids is 1. The number of alkyl halides is 3. The minimum atomic E-state index is -4.89. The number of hydrogen-bond donors (Lipinski definition) is 3. The smallest absolute Gasteiger partial charge is 0.354 e. The van der Waals surface area contributed by atoms with Crippen LogP contribution in [0.5, 0.6) is 0 Å². The first kappa shape index (κ1) is 27.6. The van der Waals surface area contributed by atoms with Gasteiger partial charge in [-0.2, -0.15) is 28.2 Å². The van der Waals surface area contributed by atoms with Crippen LogP contribution in [-0.4, -0.2) is 87.7 Å². The SMILES string of the molecule is CCN1CCN(c2cc(Nc3cc(C)[nH]n3)nc(N[C@H]3CCN(C(=O)c4cccc(C(F)(F)F)c4F)C3)n2)CC1. The van der Waals surface area contributed by atoms with Gasteiger partial charge < -0.3 is 25.3 Å². The molecule has 10 nitrogen and oxygen atoms in total. The van der Waals surface area contributed by atoms with Crippen molar-refractivity contribution in [1.29, 1.82) is 0 Å². The van der Waals surface area contributed by atoms with E-state index in [1.54, 1.807) is 0 Å². The van der Waals surface area contributed by atoms with Gasteiger partial charge in [-0.05, 0) is 32.0 Å². The number of aryl methyl sites for hydroxylation is 1. The number of anilines is 4. The van der Waals surface area contributed by atoms with Crippen molar-refractivity contribution in [2.45, 2.75) is 32.5 Å². The predicted molar refractivity (Wildman–Crippen MR) is 142 cm³/mol. The van der Waals surface area contributed by atoms with Gasteiger partial charge in [-0.1, -0.05) is 13.0 Å². The molecule has 0 aliphatic carbocycles. The largest absolute Gasteiger partial charge is 0.419 e. The standard InChI is InChI=1S/C26H31F4N9O/c1-3-37-9-11-38(12-10-37)22-14-20(32-21-13-16(2)35-36-21)33-25(34-22)31-17-7-8-39(15-17)24(40)18-5-4-6-19(23(18)27)26(28,29)30/h4-6,13-14,17H,3,7-12,15H2,1-2H3,(H3,31,32,33,34,35,36)/t17-/m0/s1. The van der Waals surface area contributed by atoms with E-state index in [4.69, 9.17) is 4.98 Å². The zero-order chi connectivity index (χ0) is 28.4. The van der Waals surface area contributed by atoms with E-state index in [2.05, 4.69) is 42.5 Å². The topological polar surface area (TPSA) is 105 Å². The van der Waals surface area contributed by atoms with Crippen LogP contribution >= 0.6 is 0 Å². The maximum atomic E-state index is 14.6. The Labute approximate surface area is 228 Å². The number of aromatic amines is 1. The van der Waals surface area contributed by atoms with E-state index < -0.39 is 29.0 Å². The number of amides is 1. The van der Waals surface area contributed by atoms with Gasteiger partial charge in [0.1, 0.15) is 17.5 Å². The number of carbonyl (C=O) groups is 1. The average molecular weight is 562 g/mol. The van der Waals surface area contributed by atoms with E-state index in [1.807, 2.05) is 19.1 Å². The van der Waals surface area contributed by atoms with Crippen molar-refractivity contribution >= 4 is 29.3 Å². The highest BCUT2D eigenvalue weighted by molar-refractivity contribution is 5.95. The van der Waals surface area contributed by atoms with Gasteiger partial charge in [-0.3, -0.25) is 9.89 Å². The summed E-state index contributed by atoms with van der Waals surface area (Å²) >= 11 is 0. The molecule has 1 atom stereocenters. The van der Waals surface area contributed by atoms with E-state index in [1.165, 1.54) is 4.90 Å². The second-order valence-electron chi connectivity index (χ2n) is 9.96. The lowest BCUT2D eigenvalue weighted by Gasteiger charge is -2.35. The first-order chi connectivity index (χ1) is 19.1. The molecule has 0 bridgehead atoms. The molecule has 2 aromatic heterocycles. The van der Waals surface area contributed by atoms with Crippen LogP contribution in [-0.2, 0) is 6.18 Å². The molecule has 2 saturated heterocycles. The number of nitrogens with zero attached hydrogens (tertiary/aromatic N) is 6. The summed E-state index contributed by atoms with van der Waals surface area (Å²) in [6.07, 6.45) is -4.39. The molecule has 5 rings (SSSR count). The molecule has 2 fully saturated rings. The number of H-pyrrole nitrogens is 1. The fraction of sp³-hybridized carbons (Fsp3) is 0.462. The number of hydrogen-bond acceptors (Lipinski definition) is 8. The molecule has 3 N–H and O–H groups in total. The summed E-state index contributed by atoms with van der Waals surface area (Å²) in [5.74, 6) is -0.124. The van der Waals surface area contributed by atoms with Crippen molar-refractivity contribution in [3.63, 3.8) is 0 Å². The number of halogens is 4. The highest BCUT2D eigenvalue weighted by Gasteiger charge is 2.37. The van der Waals surface area contributed by atoms with Gasteiger partial charge in [0.2, 0.25) is 5.95 Å². The number of benzene rings is 1. The van der Waals surface area contributed by atoms with E-state index in [0.717, 1.165) is 56.4 Å². The number of likely N-dealkylation sites (tertiary alicyclic amines) is 1. The molecule has 0 spiro atoms. The second-order valence-corrected chi connectivity index (χ2v) is 9.96. The van der Waals surface area contributed by atoms with Crippen molar-refractivity contribution in [3.05, 3.63) is 53.0 Å². The summed E-state index contributed by atoms with van der Waals surface area (Å²) in [5.41, 5.74) is -1.16. The minimum Gasteiger partial charge on any atom is -0.354 e. The molecule has 3 aromatic rings. The van der Waals surface area contributed by atoms with Crippen molar-refractivity contribution in [2.75, 3.05) is 61.3 Å². The van der Waals surface area contributed by atoms with Crippen LogP contribution in [0.3, 0.4) is 0 Å². The molecule has 14 heteroatoms. The molecule has 0 unspecified atom stereocenters. The molecule has 1 amide bonds. The Hall–Kier alpha value is -3.94.